The van der Waals surface area contributed by atoms with Crippen LogP contribution in [0, 0.1) is 0 Å². The van der Waals surface area contributed by atoms with Gasteiger partial charge in [-0.3, -0.25) is 4.68 Å². The molecular weight excluding hydrogens is 186 g/mol. The van der Waals surface area contributed by atoms with Gasteiger partial charge in [-0.05, 0) is 25.8 Å². The van der Waals surface area contributed by atoms with E-state index in [4.69, 9.17) is 5.73 Å². The summed E-state index contributed by atoms with van der Waals surface area (Å²) in [6, 6.07) is 0. The maximum atomic E-state index is 6.05. The Balaban J connectivity index is 3.08. The monoisotopic (exact) mass is 209 g/mol. The fourth-order valence-electron chi connectivity index (χ4n) is 1.79. The highest BCUT2D eigenvalue weighted by Gasteiger charge is 2.24. The Morgan fingerprint density at radius 2 is 1.80 bits per heavy atom. The van der Waals surface area contributed by atoms with E-state index in [0.717, 1.165) is 12.1 Å². The second-order valence-electron chi connectivity index (χ2n) is 6.09. The van der Waals surface area contributed by atoms with Crippen LogP contribution in [0.15, 0.2) is 6.20 Å². The highest BCUT2D eigenvalue weighted by atomic mass is 15.3. The van der Waals surface area contributed by atoms with Crippen molar-refractivity contribution in [3.8, 4) is 0 Å². The van der Waals surface area contributed by atoms with Crippen LogP contribution in [-0.2, 0) is 18.9 Å². The van der Waals surface area contributed by atoms with Gasteiger partial charge in [-0.25, -0.2) is 0 Å². The van der Waals surface area contributed by atoms with Gasteiger partial charge in [0.1, 0.15) is 0 Å². The van der Waals surface area contributed by atoms with Crippen LogP contribution in [0.5, 0.6) is 0 Å². The Kier molecular flexibility index (Phi) is 2.97. The van der Waals surface area contributed by atoms with Crippen molar-refractivity contribution in [3.63, 3.8) is 0 Å². The summed E-state index contributed by atoms with van der Waals surface area (Å²) in [5.74, 6) is 0. The number of hydrogen-bond donors (Lipinski definition) is 1. The first-order valence-corrected chi connectivity index (χ1v) is 5.41. The Morgan fingerprint density at radius 1 is 1.27 bits per heavy atom. The fourth-order valence-corrected chi connectivity index (χ4v) is 1.79. The zero-order valence-corrected chi connectivity index (χ0v) is 10.8. The van der Waals surface area contributed by atoms with Crippen molar-refractivity contribution in [2.24, 2.45) is 12.8 Å². The van der Waals surface area contributed by atoms with Gasteiger partial charge in [-0.1, -0.05) is 20.8 Å². The molecule has 0 radical (unpaired) electrons. The average Bonchev–Trinajstić information content (AvgIpc) is 2.25. The summed E-state index contributed by atoms with van der Waals surface area (Å²) in [7, 11) is 1.96. The van der Waals surface area contributed by atoms with Gasteiger partial charge in [0, 0.05) is 24.2 Å². The van der Waals surface area contributed by atoms with Crippen LogP contribution in [-0.4, -0.2) is 15.3 Å². The Labute approximate surface area is 92.7 Å². The molecule has 0 fully saturated rings. The molecule has 0 spiro atoms. The molecule has 0 aromatic carbocycles. The molecule has 1 aromatic heterocycles. The first kappa shape index (κ1) is 12.2. The minimum atomic E-state index is -0.178. The molecular formula is C12H23N3. The highest BCUT2D eigenvalue weighted by molar-refractivity contribution is 5.25. The molecule has 0 bridgehead atoms. The van der Waals surface area contributed by atoms with Crippen molar-refractivity contribution in [1.29, 1.82) is 0 Å². The van der Waals surface area contributed by atoms with E-state index in [1.165, 1.54) is 5.56 Å². The van der Waals surface area contributed by atoms with E-state index >= 15 is 0 Å². The van der Waals surface area contributed by atoms with Gasteiger partial charge in [-0.2, -0.15) is 5.10 Å². The summed E-state index contributed by atoms with van der Waals surface area (Å²) in [6.45, 7) is 10.6. The van der Waals surface area contributed by atoms with Gasteiger partial charge >= 0.3 is 0 Å². The summed E-state index contributed by atoms with van der Waals surface area (Å²) in [6.07, 6.45) is 2.95. The predicted octanol–water partition coefficient (Wildman–Crippen LogP) is 2.00. The minimum absolute atomic E-state index is 0.0852. The Bertz CT molecular complexity index is 337. The van der Waals surface area contributed by atoms with Crippen molar-refractivity contribution in [2.75, 3.05) is 0 Å². The van der Waals surface area contributed by atoms with E-state index in [9.17, 15) is 0 Å². The van der Waals surface area contributed by atoms with Crippen molar-refractivity contribution >= 4 is 0 Å². The van der Waals surface area contributed by atoms with Gasteiger partial charge in [0.05, 0.1) is 5.69 Å². The second kappa shape index (κ2) is 3.63. The molecule has 0 saturated heterocycles. The minimum Gasteiger partial charge on any atom is -0.325 e. The molecule has 86 valence electrons. The molecule has 0 saturated carbocycles. The number of nitrogens with two attached hydrogens (primary N) is 1. The molecule has 0 unspecified atom stereocenters. The van der Waals surface area contributed by atoms with Crippen LogP contribution in [0.4, 0.5) is 0 Å². The molecule has 0 aliphatic heterocycles. The number of nitrogens with zero attached hydrogens (tertiary/aromatic N) is 2. The van der Waals surface area contributed by atoms with E-state index in [1.54, 1.807) is 0 Å². The van der Waals surface area contributed by atoms with Crippen LogP contribution >= 0.6 is 0 Å². The zero-order valence-electron chi connectivity index (χ0n) is 10.8. The molecule has 0 aliphatic rings. The third kappa shape index (κ3) is 3.34. The van der Waals surface area contributed by atoms with Gasteiger partial charge < -0.3 is 5.73 Å². The summed E-state index contributed by atoms with van der Waals surface area (Å²) in [5.41, 5.74) is 8.38. The number of aryl methyl sites for hydroxylation is 1. The van der Waals surface area contributed by atoms with Gasteiger partial charge in [-0.15, -0.1) is 0 Å². The fraction of sp³-hybridized carbons (Fsp3) is 0.750. The Hall–Kier alpha value is -0.830. The van der Waals surface area contributed by atoms with Crippen molar-refractivity contribution in [1.82, 2.24) is 9.78 Å². The molecule has 3 nitrogen and oxygen atoms in total. The molecule has 1 rings (SSSR count). The number of rotatable bonds is 2. The Morgan fingerprint density at radius 3 is 2.20 bits per heavy atom. The lowest BCUT2D eigenvalue weighted by Crippen LogP contribution is -2.35. The number of hydrogen-bond acceptors (Lipinski definition) is 2. The van der Waals surface area contributed by atoms with Crippen molar-refractivity contribution in [2.45, 2.75) is 52.0 Å². The topological polar surface area (TPSA) is 43.8 Å². The lowest BCUT2D eigenvalue weighted by Gasteiger charge is -2.22. The van der Waals surface area contributed by atoms with Gasteiger partial charge in [0.2, 0.25) is 0 Å². The summed E-state index contributed by atoms with van der Waals surface area (Å²) < 4.78 is 1.88. The normalized spacial score (nSPS) is 13.3. The lowest BCUT2D eigenvalue weighted by molar-refractivity contribution is 0.499. The average molecular weight is 209 g/mol. The van der Waals surface area contributed by atoms with Gasteiger partial charge in [0.15, 0.2) is 0 Å². The number of aromatic nitrogens is 2. The smallest absolute Gasteiger partial charge is 0.0710 e. The molecule has 1 heterocycles. The highest BCUT2D eigenvalue weighted by Crippen LogP contribution is 2.26. The third-order valence-electron chi connectivity index (χ3n) is 2.26. The van der Waals surface area contributed by atoms with Crippen LogP contribution in [0.25, 0.3) is 0 Å². The van der Waals surface area contributed by atoms with E-state index < -0.39 is 0 Å². The van der Waals surface area contributed by atoms with Crippen molar-refractivity contribution in [3.05, 3.63) is 17.5 Å². The van der Waals surface area contributed by atoms with Crippen LogP contribution in [0.3, 0.4) is 0 Å². The van der Waals surface area contributed by atoms with Gasteiger partial charge in [0.25, 0.3) is 0 Å². The molecule has 0 aliphatic carbocycles. The third-order valence-corrected chi connectivity index (χ3v) is 2.26. The second-order valence-corrected chi connectivity index (χ2v) is 6.09. The van der Waals surface area contributed by atoms with Crippen LogP contribution in [0.1, 0.15) is 45.9 Å². The standard InChI is InChI=1S/C12H23N3/c1-11(2,3)10-9(7-12(4,5)13)8-15(6)14-10/h8H,7,13H2,1-6H3. The first-order valence-electron chi connectivity index (χ1n) is 5.41. The molecule has 15 heavy (non-hydrogen) atoms. The summed E-state index contributed by atoms with van der Waals surface area (Å²) in [5, 5.41) is 4.53. The molecule has 3 heteroatoms. The lowest BCUT2D eigenvalue weighted by atomic mass is 9.86. The van der Waals surface area contributed by atoms with E-state index in [1.807, 2.05) is 25.6 Å². The molecule has 0 amide bonds. The maximum absolute atomic E-state index is 6.05. The summed E-state index contributed by atoms with van der Waals surface area (Å²) in [4.78, 5) is 0. The van der Waals surface area contributed by atoms with E-state index in [0.29, 0.717) is 0 Å². The molecule has 1 aromatic rings. The quantitative estimate of drug-likeness (QED) is 0.809. The largest absolute Gasteiger partial charge is 0.325 e. The van der Waals surface area contributed by atoms with E-state index in [-0.39, 0.29) is 11.0 Å². The SMILES string of the molecule is Cn1cc(CC(C)(C)N)c(C(C)(C)C)n1. The molecule has 0 atom stereocenters. The maximum Gasteiger partial charge on any atom is 0.0710 e. The molecule has 2 N–H and O–H groups in total. The van der Waals surface area contributed by atoms with E-state index in [2.05, 4.69) is 32.1 Å². The predicted molar refractivity (Wildman–Crippen MR) is 63.9 cm³/mol. The first-order chi connectivity index (χ1) is 6.59. The summed E-state index contributed by atoms with van der Waals surface area (Å²) >= 11 is 0. The van der Waals surface area contributed by atoms with Crippen LogP contribution < -0.4 is 5.73 Å². The van der Waals surface area contributed by atoms with Crippen molar-refractivity contribution < 1.29 is 0 Å². The zero-order chi connectivity index (χ0) is 11.9. The van der Waals surface area contributed by atoms with Crippen LogP contribution in [0.2, 0.25) is 0 Å².